The lowest BCUT2D eigenvalue weighted by molar-refractivity contribution is 0.0288. The number of benzene rings is 2. The van der Waals surface area contributed by atoms with Gasteiger partial charge < -0.3 is 19.9 Å². The molecule has 1 N–H and O–H groups in total. The number of carbonyl (C=O) groups is 2. The SMILES string of the molecule is CC(C)(C)OC(=O)N1CC[C@H](CNC(=O)N2CCN(c3ccccc3F)c3ccccc32)C1. The molecule has 3 amide bonds. The monoisotopic (exact) mass is 454 g/mol. The van der Waals surface area contributed by atoms with Crippen molar-refractivity contribution in [2.75, 3.05) is 42.5 Å². The van der Waals surface area contributed by atoms with Crippen molar-refractivity contribution < 1.29 is 18.7 Å². The topological polar surface area (TPSA) is 65.1 Å². The Bertz CT molecular complexity index is 1020. The van der Waals surface area contributed by atoms with Crippen molar-refractivity contribution in [2.45, 2.75) is 32.8 Å². The molecule has 0 radical (unpaired) electrons. The lowest BCUT2D eigenvalue weighted by Gasteiger charge is -2.37. The van der Waals surface area contributed by atoms with Gasteiger partial charge in [-0.05, 0) is 57.4 Å². The van der Waals surface area contributed by atoms with E-state index in [2.05, 4.69) is 5.32 Å². The second kappa shape index (κ2) is 9.29. The molecule has 2 aliphatic rings. The summed E-state index contributed by atoms with van der Waals surface area (Å²) < 4.78 is 19.9. The lowest BCUT2D eigenvalue weighted by Crippen LogP contribution is -2.48. The number of nitrogens with one attached hydrogen (secondary N) is 1. The highest BCUT2D eigenvalue weighted by Gasteiger charge is 2.32. The summed E-state index contributed by atoms with van der Waals surface area (Å²) >= 11 is 0. The molecule has 1 atom stereocenters. The van der Waals surface area contributed by atoms with E-state index in [1.807, 2.05) is 56.0 Å². The van der Waals surface area contributed by atoms with Gasteiger partial charge in [-0.15, -0.1) is 0 Å². The Morgan fingerprint density at radius 2 is 1.67 bits per heavy atom. The summed E-state index contributed by atoms with van der Waals surface area (Å²) in [5.74, 6) is -0.114. The van der Waals surface area contributed by atoms with Gasteiger partial charge in [0.2, 0.25) is 0 Å². The van der Waals surface area contributed by atoms with Crippen LogP contribution in [0, 0.1) is 11.7 Å². The number of nitrogens with zero attached hydrogens (tertiary/aromatic N) is 3. The maximum atomic E-state index is 14.4. The summed E-state index contributed by atoms with van der Waals surface area (Å²) in [6, 6.07) is 14.0. The number of fused-ring (bicyclic) bond motifs is 1. The first-order valence-electron chi connectivity index (χ1n) is 11.4. The maximum Gasteiger partial charge on any atom is 0.410 e. The third kappa shape index (κ3) is 5.21. The van der Waals surface area contributed by atoms with E-state index in [-0.39, 0.29) is 23.9 Å². The second-order valence-electron chi connectivity index (χ2n) is 9.51. The molecule has 0 bridgehead atoms. The predicted molar refractivity (Wildman–Crippen MR) is 127 cm³/mol. The van der Waals surface area contributed by atoms with E-state index < -0.39 is 5.60 Å². The van der Waals surface area contributed by atoms with Crippen LogP contribution in [-0.4, -0.2) is 55.3 Å². The van der Waals surface area contributed by atoms with Crippen molar-refractivity contribution >= 4 is 29.2 Å². The molecular formula is C25H31FN4O3. The molecule has 8 heteroatoms. The van der Waals surface area contributed by atoms with Gasteiger partial charge in [-0.25, -0.2) is 14.0 Å². The molecule has 4 rings (SSSR count). The number of likely N-dealkylation sites (tertiary alicyclic amines) is 1. The smallest absolute Gasteiger partial charge is 0.410 e. The van der Waals surface area contributed by atoms with Crippen LogP contribution in [0.3, 0.4) is 0 Å². The highest BCUT2D eigenvalue weighted by Crippen LogP contribution is 2.38. The number of hydrogen-bond donors (Lipinski definition) is 1. The fraction of sp³-hybridized carbons (Fsp3) is 0.440. The molecule has 1 saturated heterocycles. The van der Waals surface area contributed by atoms with Crippen molar-refractivity contribution in [1.29, 1.82) is 0 Å². The van der Waals surface area contributed by atoms with Crippen LogP contribution in [0.25, 0.3) is 0 Å². The molecule has 7 nitrogen and oxygen atoms in total. The number of rotatable bonds is 3. The molecule has 33 heavy (non-hydrogen) atoms. The number of amides is 3. The van der Waals surface area contributed by atoms with E-state index >= 15 is 0 Å². The average molecular weight is 455 g/mol. The molecule has 1 fully saturated rings. The van der Waals surface area contributed by atoms with Crippen LogP contribution in [-0.2, 0) is 4.74 Å². The molecule has 2 aromatic carbocycles. The first-order chi connectivity index (χ1) is 15.7. The zero-order chi connectivity index (χ0) is 23.6. The van der Waals surface area contributed by atoms with E-state index in [1.165, 1.54) is 6.07 Å². The van der Waals surface area contributed by atoms with Crippen molar-refractivity contribution in [1.82, 2.24) is 10.2 Å². The Morgan fingerprint density at radius 3 is 2.36 bits per heavy atom. The standard InChI is InChI=1S/C25H31FN4O3/c1-25(2,3)33-24(32)28-13-12-18(17-28)16-27-23(31)30-15-14-29(20-9-5-4-8-19(20)26)21-10-6-7-11-22(21)30/h4-11,18H,12-17H2,1-3H3,(H,27,31)/t18-/m1/s1. The van der Waals surface area contributed by atoms with Crippen LogP contribution >= 0.6 is 0 Å². The molecule has 2 heterocycles. The number of carbonyl (C=O) groups excluding carboxylic acids is 2. The fourth-order valence-electron chi connectivity index (χ4n) is 4.31. The molecule has 0 aliphatic carbocycles. The molecule has 0 unspecified atom stereocenters. The van der Waals surface area contributed by atoms with E-state index in [1.54, 1.807) is 21.9 Å². The van der Waals surface area contributed by atoms with Gasteiger partial charge in [0.15, 0.2) is 0 Å². The summed E-state index contributed by atoms with van der Waals surface area (Å²) in [6.45, 7) is 8.14. The zero-order valence-corrected chi connectivity index (χ0v) is 19.4. The van der Waals surface area contributed by atoms with Gasteiger partial charge in [0, 0.05) is 32.7 Å². The van der Waals surface area contributed by atoms with E-state index in [0.717, 1.165) is 17.8 Å². The summed E-state index contributed by atoms with van der Waals surface area (Å²) in [6.07, 6.45) is 0.506. The minimum atomic E-state index is -0.526. The van der Waals surface area contributed by atoms with Crippen molar-refractivity contribution in [2.24, 2.45) is 5.92 Å². The molecule has 0 spiro atoms. The van der Waals surface area contributed by atoms with E-state index in [4.69, 9.17) is 4.74 Å². The van der Waals surface area contributed by atoms with Gasteiger partial charge in [-0.3, -0.25) is 4.90 Å². The summed E-state index contributed by atoms with van der Waals surface area (Å²) in [4.78, 5) is 30.6. The summed E-state index contributed by atoms with van der Waals surface area (Å²) in [7, 11) is 0. The fourth-order valence-corrected chi connectivity index (χ4v) is 4.31. The minimum Gasteiger partial charge on any atom is -0.444 e. The quantitative estimate of drug-likeness (QED) is 0.727. The van der Waals surface area contributed by atoms with Crippen molar-refractivity contribution in [3.8, 4) is 0 Å². The van der Waals surface area contributed by atoms with Crippen LogP contribution in [0.1, 0.15) is 27.2 Å². The zero-order valence-electron chi connectivity index (χ0n) is 19.4. The number of hydrogen-bond acceptors (Lipinski definition) is 4. The van der Waals surface area contributed by atoms with Crippen LogP contribution in [0.2, 0.25) is 0 Å². The molecule has 0 aromatic heterocycles. The molecular weight excluding hydrogens is 423 g/mol. The van der Waals surface area contributed by atoms with Crippen LogP contribution < -0.4 is 15.1 Å². The number of halogens is 1. The van der Waals surface area contributed by atoms with Gasteiger partial charge in [0.1, 0.15) is 11.4 Å². The van der Waals surface area contributed by atoms with E-state index in [9.17, 15) is 14.0 Å². The van der Waals surface area contributed by atoms with Crippen molar-refractivity contribution in [3.05, 3.63) is 54.3 Å². The van der Waals surface area contributed by atoms with Gasteiger partial charge in [0.25, 0.3) is 0 Å². The number of ether oxygens (including phenoxy) is 1. The Kier molecular flexibility index (Phi) is 6.44. The lowest BCUT2D eigenvalue weighted by atomic mass is 10.1. The largest absolute Gasteiger partial charge is 0.444 e. The van der Waals surface area contributed by atoms with Gasteiger partial charge in [-0.1, -0.05) is 24.3 Å². The molecule has 2 aliphatic heterocycles. The Hall–Kier alpha value is -3.29. The highest BCUT2D eigenvalue weighted by molar-refractivity contribution is 5.98. The number of urea groups is 1. The average Bonchev–Trinajstić information content (AvgIpc) is 3.25. The Morgan fingerprint density at radius 1 is 1.00 bits per heavy atom. The van der Waals surface area contributed by atoms with Gasteiger partial charge in [-0.2, -0.15) is 0 Å². The predicted octanol–water partition coefficient (Wildman–Crippen LogP) is 4.75. The normalized spacial score (nSPS) is 18.2. The second-order valence-corrected chi connectivity index (χ2v) is 9.51. The number of anilines is 3. The van der Waals surface area contributed by atoms with Crippen LogP contribution in [0.5, 0.6) is 0 Å². The number of para-hydroxylation sites is 3. The Balaban J connectivity index is 1.39. The van der Waals surface area contributed by atoms with E-state index in [0.29, 0.717) is 38.4 Å². The minimum absolute atomic E-state index is 0.177. The van der Waals surface area contributed by atoms with Gasteiger partial charge in [0.05, 0.1) is 17.1 Å². The highest BCUT2D eigenvalue weighted by atomic mass is 19.1. The first kappa shape index (κ1) is 22.9. The third-order valence-corrected chi connectivity index (χ3v) is 5.88. The van der Waals surface area contributed by atoms with Gasteiger partial charge >= 0.3 is 12.1 Å². The Labute approximate surface area is 194 Å². The molecule has 0 saturated carbocycles. The van der Waals surface area contributed by atoms with Crippen LogP contribution in [0.15, 0.2) is 48.5 Å². The molecule has 176 valence electrons. The third-order valence-electron chi connectivity index (χ3n) is 5.88. The van der Waals surface area contributed by atoms with Crippen molar-refractivity contribution in [3.63, 3.8) is 0 Å². The molecule has 2 aromatic rings. The first-order valence-corrected chi connectivity index (χ1v) is 11.4. The summed E-state index contributed by atoms with van der Waals surface area (Å²) in [5, 5.41) is 3.02. The maximum absolute atomic E-state index is 14.4. The summed E-state index contributed by atoms with van der Waals surface area (Å²) in [5.41, 5.74) is 1.51. The van der Waals surface area contributed by atoms with Crippen LogP contribution in [0.4, 0.5) is 31.0 Å².